The van der Waals surface area contributed by atoms with Gasteiger partial charge in [0.2, 0.25) is 0 Å². The van der Waals surface area contributed by atoms with Crippen LogP contribution < -0.4 is 4.90 Å². The van der Waals surface area contributed by atoms with Crippen LogP contribution in [0, 0.1) is 0 Å². The van der Waals surface area contributed by atoms with Crippen molar-refractivity contribution in [2.75, 3.05) is 31.1 Å². The van der Waals surface area contributed by atoms with Crippen LogP contribution >= 0.6 is 0 Å². The zero-order valence-electron chi connectivity index (χ0n) is 13.3. The Hall–Kier alpha value is -2.40. The number of nitrogens with zero attached hydrogens (tertiary/aromatic N) is 3. The molecule has 2 aromatic rings. The highest BCUT2D eigenvalue weighted by Gasteiger charge is 2.26. The minimum absolute atomic E-state index is 0.0400. The Morgan fingerprint density at radius 2 is 2.13 bits per heavy atom. The molecule has 0 atom stereocenters. The van der Waals surface area contributed by atoms with Gasteiger partial charge in [-0.05, 0) is 37.1 Å². The SMILES string of the molecule is CCN(CCO)C(=O)c1cccnc1N1CCc2ccccc21. The van der Waals surface area contributed by atoms with Gasteiger partial charge in [-0.1, -0.05) is 18.2 Å². The van der Waals surface area contributed by atoms with E-state index in [-0.39, 0.29) is 12.5 Å². The molecule has 0 saturated heterocycles. The second-order valence-electron chi connectivity index (χ2n) is 5.51. The van der Waals surface area contributed by atoms with E-state index in [1.807, 2.05) is 25.1 Å². The highest BCUT2D eigenvalue weighted by molar-refractivity contribution is 6.00. The largest absolute Gasteiger partial charge is 0.395 e. The summed E-state index contributed by atoms with van der Waals surface area (Å²) in [5, 5.41) is 9.15. The first-order chi connectivity index (χ1) is 11.3. The molecule has 0 spiro atoms. The molecule has 1 aliphatic heterocycles. The van der Waals surface area contributed by atoms with Crippen LogP contribution in [0.3, 0.4) is 0 Å². The van der Waals surface area contributed by atoms with Crippen molar-refractivity contribution < 1.29 is 9.90 Å². The van der Waals surface area contributed by atoms with E-state index >= 15 is 0 Å². The number of aliphatic hydroxyl groups excluding tert-OH is 1. The van der Waals surface area contributed by atoms with E-state index in [1.165, 1.54) is 5.56 Å². The Morgan fingerprint density at radius 1 is 1.30 bits per heavy atom. The fourth-order valence-electron chi connectivity index (χ4n) is 3.03. The van der Waals surface area contributed by atoms with E-state index < -0.39 is 0 Å². The van der Waals surface area contributed by atoms with Crippen LogP contribution in [0.1, 0.15) is 22.8 Å². The molecule has 0 bridgehead atoms. The molecule has 5 heteroatoms. The molecular weight excluding hydrogens is 290 g/mol. The molecule has 2 heterocycles. The predicted octanol–water partition coefficient (Wildman–Crippen LogP) is 2.23. The highest BCUT2D eigenvalue weighted by atomic mass is 16.3. The number of anilines is 2. The smallest absolute Gasteiger partial charge is 0.257 e. The lowest BCUT2D eigenvalue weighted by molar-refractivity contribution is 0.0732. The van der Waals surface area contributed by atoms with Gasteiger partial charge in [0.1, 0.15) is 5.82 Å². The van der Waals surface area contributed by atoms with Crippen LogP contribution in [0.5, 0.6) is 0 Å². The summed E-state index contributed by atoms with van der Waals surface area (Å²) in [4.78, 5) is 21.0. The highest BCUT2D eigenvalue weighted by Crippen LogP contribution is 2.35. The number of aliphatic hydroxyl groups is 1. The number of hydrogen-bond acceptors (Lipinski definition) is 4. The second kappa shape index (κ2) is 6.79. The summed E-state index contributed by atoms with van der Waals surface area (Å²) in [6, 6.07) is 11.8. The number of pyridine rings is 1. The molecule has 0 saturated carbocycles. The fraction of sp³-hybridized carbons (Fsp3) is 0.333. The standard InChI is InChI=1S/C18H21N3O2/c1-2-20(12-13-22)18(23)15-7-5-10-19-17(15)21-11-9-14-6-3-4-8-16(14)21/h3-8,10,22H,2,9,11-13H2,1H3. The van der Waals surface area contributed by atoms with Crippen molar-refractivity contribution in [3.05, 3.63) is 53.7 Å². The quantitative estimate of drug-likeness (QED) is 0.920. The second-order valence-corrected chi connectivity index (χ2v) is 5.51. The van der Waals surface area contributed by atoms with Crippen molar-refractivity contribution in [2.45, 2.75) is 13.3 Å². The number of benzene rings is 1. The van der Waals surface area contributed by atoms with Gasteiger partial charge in [-0.2, -0.15) is 0 Å². The molecule has 1 aromatic carbocycles. The normalized spacial score (nSPS) is 13.0. The minimum atomic E-state index is -0.0889. The van der Waals surface area contributed by atoms with Crippen molar-refractivity contribution in [3.8, 4) is 0 Å². The van der Waals surface area contributed by atoms with Gasteiger partial charge < -0.3 is 14.9 Å². The molecule has 1 aromatic heterocycles. The predicted molar refractivity (Wildman–Crippen MR) is 90.1 cm³/mol. The van der Waals surface area contributed by atoms with Crippen molar-refractivity contribution in [2.24, 2.45) is 0 Å². The Labute approximate surface area is 136 Å². The summed E-state index contributed by atoms with van der Waals surface area (Å²) >= 11 is 0. The molecule has 0 radical (unpaired) electrons. The van der Waals surface area contributed by atoms with E-state index in [4.69, 9.17) is 5.11 Å². The lowest BCUT2D eigenvalue weighted by atomic mass is 10.1. The molecule has 23 heavy (non-hydrogen) atoms. The monoisotopic (exact) mass is 311 g/mol. The number of fused-ring (bicyclic) bond motifs is 1. The fourth-order valence-corrected chi connectivity index (χ4v) is 3.03. The number of aromatic nitrogens is 1. The summed E-state index contributed by atoms with van der Waals surface area (Å²) in [5.74, 6) is 0.605. The maximum Gasteiger partial charge on any atom is 0.257 e. The van der Waals surface area contributed by atoms with Crippen LogP contribution in [-0.2, 0) is 6.42 Å². The molecular formula is C18H21N3O2. The number of likely N-dealkylation sites (N-methyl/N-ethyl adjacent to an activating group) is 1. The summed E-state index contributed by atoms with van der Waals surface area (Å²) < 4.78 is 0. The molecule has 5 nitrogen and oxygen atoms in total. The first kappa shape index (κ1) is 15.5. The molecule has 1 amide bonds. The van der Waals surface area contributed by atoms with Gasteiger partial charge in [-0.15, -0.1) is 0 Å². The maximum atomic E-state index is 12.8. The van der Waals surface area contributed by atoms with E-state index in [2.05, 4.69) is 22.0 Å². The van der Waals surface area contributed by atoms with E-state index in [0.29, 0.717) is 24.5 Å². The third kappa shape index (κ3) is 2.92. The molecule has 1 N–H and O–H groups in total. The molecule has 1 aliphatic rings. The topological polar surface area (TPSA) is 56.7 Å². The molecule has 120 valence electrons. The molecule has 0 fully saturated rings. The van der Waals surface area contributed by atoms with Crippen LogP contribution in [0.25, 0.3) is 0 Å². The number of carbonyl (C=O) groups excluding carboxylic acids is 1. The van der Waals surface area contributed by atoms with Gasteiger partial charge in [0, 0.05) is 31.5 Å². The number of para-hydroxylation sites is 1. The van der Waals surface area contributed by atoms with E-state index in [9.17, 15) is 4.79 Å². The zero-order chi connectivity index (χ0) is 16.2. The van der Waals surface area contributed by atoms with Gasteiger partial charge in [-0.3, -0.25) is 4.79 Å². The van der Waals surface area contributed by atoms with Gasteiger partial charge in [0.25, 0.3) is 5.91 Å². The van der Waals surface area contributed by atoms with Crippen molar-refractivity contribution >= 4 is 17.4 Å². The summed E-state index contributed by atoms with van der Waals surface area (Å²) in [6.07, 6.45) is 2.67. The minimum Gasteiger partial charge on any atom is -0.395 e. The van der Waals surface area contributed by atoms with E-state index in [0.717, 1.165) is 18.7 Å². The summed E-state index contributed by atoms with van der Waals surface area (Å²) in [6.45, 7) is 3.59. The zero-order valence-corrected chi connectivity index (χ0v) is 13.3. The first-order valence-electron chi connectivity index (χ1n) is 7.97. The molecule has 3 rings (SSSR count). The van der Waals surface area contributed by atoms with Gasteiger partial charge in [-0.25, -0.2) is 4.98 Å². The van der Waals surface area contributed by atoms with Gasteiger partial charge in [0.05, 0.1) is 12.2 Å². The average molecular weight is 311 g/mol. The van der Waals surface area contributed by atoms with E-state index in [1.54, 1.807) is 17.2 Å². The van der Waals surface area contributed by atoms with Gasteiger partial charge >= 0.3 is 0 Å². The lowest BCUT2D eigenvalue weighted by Gasteiger charge is -2.24. The Morgan fingerprint density at radius 3 is 2.91 bits per heavy atom. The van der Waals surface area contributed by atoms with Gasteiger partial charge in [0.15, 0.2) is 0 Å². The number of amides is 1. The lowest BCUT2D eigenvalue weighted by Crippen LogP contribution is -2.34. The number of hydrogen-bond donors (Lipinski definition) is 1. The number of carbonyl (C=O) groups is 1. The summed E-state index contributed by atoms with van der Waals surface area (Å²) in [5.41, 5.74) is 2.98. The molecule has 0 aliphatic carbocycles. The molecule has 0 unspecified atom stereocenters. The Balaban J connectivity index is 1.98. The number of rotatable bonds is 5. The third-order valence-corrected chi connectivity index (χ3v) is 4.20. The third-order valence-electron chi connectivity index (χ3n) is 4.20. The van der Waals surface area contributed by atoms with Crippen LogP contribution in [0.4, 0.5) is 11.5 Å². The maximum absolute atomic E-state index is 12.8. The van der Waals surface area contributed by atoms with Crippen molar-refractivity contribution in [1.29, 1.82) is 0 Å². The van der Waals surface area contributed by atoms with Crippen molar-refractivity contribution in [3.63, 3.8) is 0 Å². The first-order valence-corrected chi connectivity index (χ1v) is 7.97. The summed E-state index contributed by atoms with van der Waals surface area (Å²) in [7, 11) is 0. The Bertz CT molecular complexity index is 702. The Kier molecular flexibility index (Phi) is 4.57. The van der Waals surface area contributed by atoms with Crippen LogP contribution in [0.15, 0.2) is 42.6 Å². The van der Waals surface area contributed by atoms with Crippen LogP contribution in [-0.4, -0.2) is 47.1 Å². The van der Waals surface area contributed by atoms with Crippen molar-refractivity contribution in [1.82, 2.24) is 9.88 Å². The van der Waals surface area contributed by atoms with Crippen LogP contribution in [0.2, 0.25) is 0 Å². The average Bonchev–Trinajstić information content (AvgIpc) is 3.03.